The molecule has 0 heterocycles. The van der Waals surface area contributed by atoms with E-state index in [1.165, 1.54) is 6.08 Å². The zero-order valence-electron chi connectivity index (χ0n) is 7.97. The molecule has 0 aromatic carbocycles. The van der Waals surface area contributed by atoms with Crippen LogP contribution in [0.4, 0.5) is 0 Å². The van der Waals surface area contributed by atoms with E-state index in [1.807, 2.05) is 6.92 Å². The second kappa shape index (κ2) is 5.19. The van der Waals surface area contributed by atoms with Gasteiger partial charge in [-0.05, 0) is 12.0 Å². The Kier molecular flexibility index (Phi) is 4.59. The van der Waals surface area contributed by atoms with Crippen LogP contribution < -0.4 is 11.5 Å². The summed E-state index contributed by atoms with van der Waals surface area (Å²) < 4.78 is 0. The van der Waals surface area contributed by atoms with Crippen LogP contribution in [0.15, 0.2) is 36.2 Å². The first kappa shape index (κ1) is 11.5. The molecule has 4 N–H and O–H groups in total. The summed E-state index contributed by atoms with van der Waals surface area (Å²) in [5.41, 5.74) is 12.2. The lowest BCUT2D eigenvalue weighted by Crippen LogP contribution is -2.18. The number of allylic oxidation sites excluding steroid dienone is 3. The Morgan fingerprint density at radius 3 is 2.31 bits per heavy atom. The Balaban J connectivity index is 4.69. The summed E-state index contributed by atoms with van der Waals surface area (Å²) in [6.07, 6.45) is 2.40. The molecule has 0 aliphatic carbocycles. The average molecular weight is 180 g/mol. The van der Waals surface area contributed by atoms with Gasteiger partial charge in [-0.1, -0.05) is 19.6 Å². The van der Waals surface area contributed by atoms with Gasteiger partial charge in [0.05, 0.1) is 11.4 Å². The van der Waals surface area contributed by atoms with Crippen LogP contribution in [0.1, 0.15) is 19.8 Å². The summed E-state index contributed by atoms with van der Waals surface area (Å²) in [7, 11) is 0. The third kappa shape index (κ3) is 3.15. The quantitative estimate of drug-likeness (QED) is 0.380. The van der Waals surface area contributed by atoms with Gasteiger partial charge >= 0.3 is 0 Å². The first-order chi connectivity index (χ1) is 6.04. The highest BCUT2D eigenvalue weighted by Crippen LogP contribution is 2.09. The number of nitrogens with two attached hydrogens (primary N) is 2. The molecule has 3 nitrogen and oxygen atoms in total. The molecule has 0 aromatic heterocycles. The zero-order chi connectivity index (χ0) is 10.4. The molecule has 0 saturated heterocycles. The normalized spacial score (nSPS) is 11.8. The predicted molar refractivity (Wildman–Crippen MR) is 54.7 cm³/mol. The maximum atomic E-state index is 11.2. The summed E-state index contributed by atoms with van der Waals surface area (Å²) in [6, 6.07) is 0. The van der Waals surface area contributed by atoms with Crippen LogP contribution in [-0.2, 0) is 4.79 Å². The van der Waals surface area contributed by atoms with Crippen molar-refractivity contribution in [3.63, 3.8) is 0 Å². The van der Waals surface area contributed by atoms with Crippen LogP contribution in [0.3, 0.4) is 0 Å². The minimum Gasteiger partial charge on any atom is -0.397 e. The van der Waals surface area contributed by atoms with E-state index in [0.717, 1.165) is 0 Å². The van der Waals surface area contributed by atoms with Gasteiger partial charge in [0.1, 0.15) is 0 Å². The highest BCUT2D eigenvalue weighted by molar-refractivity contribution is 5.96. The first-order valence-corrected chi connectivity index (χ1v) is 4.12. The van der Waals surface area contributed by atoms with E-state index in [-0.39, 0.29) is 17.9 Å². The molecule has 13 heavy (non-hydrogen) atoms. The molecule has 0 fully saturated rings. The Hall–Kier alpha value is -1.51. The summed E-state index contributed by atoms with van der Waals surface area (Å²) >= 11 is 0. The van der Waals surface area contributed by atoms with Crippen molar-refractivity contribution in [3.05, 3.63) is 36.2 Å². The van der Waals surface area contributed by atoms with Crippen LogP contribution in [0.5, 0.6) is 0 Å². The summed E-state index contributed by atoms with van der Waals surface area (Å²) in [4.78, 5) is 11.2. The lowest BCUT2D eigenvalue weighted by molar-refractivity contribution is -0.114. The smallest absolute Gasteiger partial charge is 0.184 e. The Morgan fingerprint density at radius 2 is 1.92 bits per heavy atom. The number of ketones is 1. The van der Waals surface area contributed by atoms with Crippen molar-refractivity contribution in [1.29, 1.82) is 0 Å². The maximum Gasteiger partial charge on any atom is 0.184 e. The largest absolute Gasteiger partial charge is 0.397 e. The Morgan fingerprint density at radius 1 is 1.38 bits per heavy atom. The van der Waals surface area contributed by atoms with Crippen LogP contribution in [0, 0.1) is 0 Å². The van der Waals surface area contributed by atoms with Gasteiger partial charge in [0.2, 0.25) is 0 Å². The molecule has 72 valence electrons. The molecular formula is C10H16N2O. The zero-order valence-corrected chi connectivity index (χ0v) is 7.97. The third-order valence-corrected chi connectivity index (χ3v) is 1.73. The number of rotatable bonds is 5. The molecule has 0 unspecified atom stereocenters. The van der Waals surface area contributed by atoms with Crippen molar-refractivity contribution in [2.24, 2.45) is 11.5 Å². The van der Waals surface area contributed by atoms with Gasteiger partial charge in [-0.2, -0.15) is 0 Å². The molecule has 0 bridgehead atoms. The molecule has 3 heteroatoms. The van der Waals surface area contributed by atoms with Gasteiger partial charge in [-0.3, -0.25) is 4.79 Å². The molecule has 0 spiro atoms. The Labute approximate surface area is 78.8 Å². The van der Waals surface area contributed by atoms with Crippen molar-refractivity contribution in [2.75, 3.05) is 0 Å². The van der Waals surface area contributed by atoms with E-state index in [4.69, 9.17) is 11.5 Å². The van der Waals surface area contributed by atoms with Gasteiger partial charge < -0.3 is 11.5 Å². The molecule has 0 atom stereocenters. The van der Waals surface area contributed by atoms with Gasteiger partial charge in [-0.15, -0.1) is 6.58 Å². The van der Waals surface area contributed by atoms with Crippen molar-refractivity contribution >= 4 is 5.78 Å². The molecule has 0 saturated carbocycles. The summed E-state index contributed by atoms with van der Waals surface area (Å²) in [5, 5.41) is 0. The number of hydrogen-bond acceptors (Lipinski definition) is 3. The number of Topliss-reactive ketones (excluding diaryl/α,β-unsaturated/α-hetero) is 1. The fourth-order valence-corrected chi connectivity index (χ4v) is 0.772. The van der Waals surface area contributed by atoms with E-state index < -0.39 is 0 Å². The summed E-state index contributed by atoms with van der Waals surface area (Å²) in [6.45, 7) is 9.04. The number of carbonyl (C=O) groups is 1. The predicted octanol–water partition coefficient (Wildman–Crippen LogP) is 1.23. The van der Waals surface area contributed by atoms with Crippen LogP contribution in [0.2, 0.25) is 0 Å². The van der Waals surface area contributed by atoms with Crippen LogP contribution in [0.25, 0.3) is 0 Å². The van der Waals surface area contributed by atoms with Crippen LogP contribution >= 0.6 is 0 Å². The average Bonchev–Trinajstić information content (AvgIpc) is 2.14. The van der Waals surface area contributed by atoms with Crippen molar-refractivity contribution in [1.82, 2.24) is 0 Å². The topological polar surface area (TPSA) is 69.1 Å². The fraction of sp³-hybridized carbons (Fsp3) is 0.300. The van der Waals surface area contributed by atoms with E-state index in [0.29, 0.717) is 17.7 Å². The van der Waals surface area contributed by atoms with Gasteiger partial charge in [-0.25, -0.2) is 0 Å². The highest BCUT2D eigenvalue weighted by Gasteiger charge is 2.09. The lowest BCUT2D eigenvalue weighted by Gasteiger charge is -2.06. The summed E-state index contributed by atoms with van der Waals surface area (Å²) in [5.74, 6) is -0.206. The second-order valence-electron chi connectivity index (χ2n) is 2.70. The standard InChI is InChI=1S/C10H16N2O/c1-4-6-8(13)10(12)9(11)7(3)5-2/h4H,1,3,5-6,11-12H2,2H3/b10-9-. The number of hydrogen-bond donors (Lipinski definition) is 2. The fourth-order valence-electron chi connectivity index (χ4n) is 0.772. The first-order valence-electron chi connectivity index (χ1n) is 4.12. The molecule has 0 aliphatic rings. The van der Waals surface area contributed by atoms with Crippen LogP contribution in [-0.4, -0.2) is 5.78 Å². The van der Waals surface area contributed by atoms with E-state index in [1.54, 1.807) is 0 Å². The van der Waals surface area contributed by atoms with Crippen molar-refractivity contribution in [3.8, 4) is 0 Å². The van der Waals surface area contributed by atoms with E-state index >= 15 is 0 Å². The van der Waals surface area contributed by atoms with Crippen molar-refractivity contribution < 1.29 is 4.79 Å². The van der Waals surface area contributed by atoms with Gasteiger partial charge in [0.25, 0.3) is 0 Å². The van der Waals surface area contributed by atoms with E-state index in [9.17, 15) is 4.79 Å². The lowest BCUT2D eigenvalue weighted by atomic mass is 10.1. The SMILES string of the molecule is C=CCC(=O)/C(N)=C(/N)C(=C)CC. The molecule has 0 aliphatic heterocycles. The molecule has 0 radical (unpaired) electrons. The van der Waals surface area contributed by atoms with Gasteiger partial charge in [0, 0.05) is 6.42 Å². The molecule has 0 amide bonds. The third-order valence-electron chi connectivity index (χ3n) is 1.73. The number of carbonyl (C=O) groups excluding carboxylic acids is 1. The maximum absolute atomic E-state index is 11.2. The molecule has 0 rings (SSSR count). The minimum absolute atomic E-state index is 0.0896. The minimum atomic E-state index is -0.206. The molecular weight excluding hydrogens is 164 g/mol. The second-order valence-corrected chi connectivity index (χ2v) is 2.70. The molecule has 0 aromatic rings. The monoisotopic (exact) mass is 180 g/mol. The van der Waals surface area contributed by atoms with Crippen molar-refractivity contribution in [2.45, 2.75) is 19.8 Å². The highest BCUT2D eigenvalue weighted by atomic mass is 16.1. The van der Waals surface area contributed by atoms with E-state index in [2.05, 4.69) is 13.2 Å². The Bertz CT molecular complexity index is 264. The van der Waals surface area contributed by atoms with Gasteiger partial charge in [0.15, 0.2) is 5.78 Å².